The highest BCUT2D eigenvalue weighted by Gasteiger charge is 2.37. The first-order valence-corrected chi connectivity index (χ1v) is 10.9. The Hall–Kier alpha value is -1.55. The van der Waals surface area contributed by atoms with Crippen molar-refractivity contribution in [1.82, 2.24) is 10.8 Å². The first-order chi connectivity index (χ1) is 12.3. The van der Waals surface area contributed by atoms with E-state index in [4.69, 9.17) is 5.21 Å². The van der Waals surface area contributed by atoms with Gasteiger partial charge in [-0.2, -0.15) is 0 Å². The lowest BCUT2D eigenvalue weighted by Gasteiger charge is -2.24. The predicted molar refractivity (Wildman–Crippen MR) is 107 cm³/mol. The van der Waals surface area contributed by atoms with Gasteiger partial charge in [0.15, 0.2) is 0 Å². The van der Waals surface area contributed by atoms with E-state index >= 15 is 0 Å². The molecule has 2 amide bonds. The molecular formula is C17H19BrN2O4S2. The van der Waals surface area contributed by atoms with E-state index in [1.54, 1.807) is 23.5 Å². The van der Waals surface area contributed by atoms with Crippen LogP contribution in [0.15, 0.2) is 40.2 Å². The standard InChI is InChI=1S/C17H19BrN2O4S2/c1-17(26(2)24,16(22)20-23)9-10-19-15(21)12-5-3-11(4-6-12)13-7-8-14(18)25-13/h3-8,23H,9-10H2,1-2H3,(H,19,21)(H,20,22). The lowest BCUT2D eigenvalue weighted by Crippen LogP contribution is -2.48. The third-order valence-electron chi connectivity index (χ3n) is 4.11. The summed E-state index contributed by atoms with van der Waals surface area (Å²) in [5, 5.41) is 11.5. The molecule has 0 aliphatic carbocycles. The quantitative estimate of drug-likeness (QED) is 0.438. The van der Waals surface area contributed by atoms with Gasteiger partial charge >= 0.3 is 0 Å². The third-order valence-corrected chi connectivity index (χ3v) is 7.44. The molecule has 2 aromatic rings. The number of carbonyl (C=O) groups is 2. The lowest BCUT2D eigenvalue weighted by atomic mass is 10.1. The fourth-order valence-corrected chi connectivity index (χ4v) is 4.37. The number of hydrogen-bond donors (Lipinski definition) is 3. The summed E-state index contributed by atoms with van der Waals surface area (Å²) in [6.07, 6.45) is 1.52. The minimum absolute atomic E-state index is 0.134. The molecule has 2 atom stereocenters. The molecule has 140 valence electrons. The monoisotopic (exact) mass is 458 g/mol. The predicted octanol–water partition coefficient (Wildman–Crippen LogP) is 2.94. The van der Waals surface area contributed by atoms with Crippen LogP contribution >= 0.6 is 27.3 Å². The van der Waals surface area contributed by atoms with Crippen LogP contribution in [0, 0.1) is 0 Å². The van der Waals surface area contributed by atoms with Crippen molar-refractivity contribution in [3.05, 3.63) is 45.7 Å². The van der Waals surface area contributed by atoms with Gasteiger partial charge in [0, 0.05) is 34.0 Å². The summed E-state index contributed by atoms with van der Waals surface area (Å²) >= 11 is 5.03. The highest BCUT2D eigenvalue weighted by Crippen LogP contribution is 2.31. The second-order valence-corrected chi connectivity index (χ2v) is 10.1. The first-order valence-electron chi connectivity index (χ1n) is 7.70. The van der Waals surface area contributed by atoms with Crippen molar-refractivity contribution in [3.63, 3.8) is 0 Å². The van der Waals surface area contributed by atoms with E-state index in [9.17, 15) is 13.8 Å². The number of carbonyl (C=O) groups excluding carboxylic acids is 2. The molecule has 0 saturated carbocycles. The number of thiophene rings is 1. The number of benzene rings is 1. The largest absolute Gasteiger partial charge is 0.352 e. The molecule has 26 heavy (non-hydrogen) atoms. The van der Waals surface area contributed by atoms with Crippen molar-refractivity contribution in [2.45, 2.75) is 18.1 Å². The highest BCUT2D eigenvalue weighted by atomic mass is 79.9. The molecule has 1 aromatic heterocycles. The summed E-state index contributed by atoms with van der Waals surface area (Å²) < 4.78 is 11.6. The molecule has 1 aromatic carbocycles. The molecule has 0 fully saturated rings. The smallest absolute Gasteiger partial charge is 0.261 e. The number of nitrogens with one attached hydrogen (secondary N) is 2. The maximum absolute atomic E-state index is 12.2. The molecule has 3 N–H and O–H groups in total. The van der Waals surface area contributed by atoms with Crippen LogP contribution in [0.3, 0.4) is 0 Å². The zero-order valence-electron chi connectivity index (χ0n) is 14.2. The fourth-order valence-electron chi connectivity index (χ4n) is 2.28. The van der Waals surface area contributed by atoms with Crippen LogP contribution in [0.5, 0.6) is 0 Å². The van der Waals surface area contributed by atoms with Crippen LogP contribution in [-0.4, -0.2) is 38.8 Å². The lowest BCUT2D eigenvalue weighted by molar-refractivity contribution is -0.131. The van der Waals surface area contributed by atoms with Gasteiger partial charge < -0.3 is 5.32 Å². The maximum atomic E-state index is 12.2. The van der Waals surface area contributed by atoms with Crippen LogP contribution in [0.1, 0.15) is 23.7 Å². The van der Waals surface area contributed by atoms with Crippen LogP contribution in [0.2, 0.25) is 0 Å². The first kappa shape index (κ1) is 20.8. The van der Waals surface area contributed by atoms with Crippen molar-refractivity contribution in [2.24, 2.45) is 0 Å². The molecule has 6 nitrogen and oxygen atoms in total. The van der Waals surface area contributed by atoms with Crippen molar-refractivity contribution in [2.75, 3.05) is 12.8 Å². The normalized spacial score (nSPS) is 14.3. The van der Waals surface area contributed by atoms with Crippen molar-refractivity contribution in [1.29, 1.82) is 0 Å². The Kier molecular flexibility index (Phi) is 7.10. The molecule has 0 radical (unpaired) electrons. The van der Waals surface area contributed by atoms with E-state index < -0.39 is 21.5 Å². The minimum atomic E-state index is -1.51. The van der Waals surface area contributed by atoms with Gasteiger partial charge in [-0.15, -0.1) is 11.3 Å². The number of rotatable bonds is 7. The van der Waals surface area contributed by atoms with Gasteiger partial charge in [0.1, 0.15) is 4.75 Å². The van der Waals surface area contributed by atoms with Crippen LogP contribution in [0.4, 0.5) is 0 Å². The maximum Gasteiger partial charge on any atom is 0.261 e. The molecule has 0 aliphatic heterocycles. The zero-order valence-corrected chi connectivity index (χ0v) is 17.5. The van der Waals surface area contributed by atoms with E-state index in [2.05, 4.69) is 21.2 Å². The van der Waals surface area contributed by atoms with Gasteiger partial charge in [-0.1, -0.05) is 12.1 Å². The van der Waals surface area contributed by atoms with Crippen LogP contribution in [0.25, 0.3) is 10.4 Å². The molecule has 0 aliphatic rings. The number of hydrogen-bond acceptors (Lipinski definition) is 5. The van der Waals surface area contributed by atoms with Gasteiger partial charge in [-0.25, -0.2) is 5.48 Å². The summed E-state index contributed by atoms with van der Waals surface area (Å²) in [6.45, 7) is 1.64. The number of halogens is 1. The Morgan fingerprint density at radius 2 is 1.88 bits per heavy atom. The van der Waals surface area contributed by atoms with Crippen molar-refractivity contribution >= 4 is 49.9 Å². The van der Waals surface area contributed by atoms with Gasteiger partial charge in [0.2, 0.25) is 0 Å². The zero-order chi connectivity index (χ0) is 19.3. The molecule has 2 rings (SSSR count). The summed E-state index contributed by atoms with van der Waals surface area (Å²) in [5.74, 6) is -1.02. The van der Waals surface area contributed by atoms with Gasteiger partial charge in [0.25, 0.3) is 11.8 Å². The van der Waals surface area contributed by atoms with E-state index in [0.717, 1.165) is 14.2 Å². The topological polar surface area (TPSA) is 95.5 Å². The van der Waals surface area contributed by atoms with E-state index in [0.29, 0.717) is 5.56 Å². The Morgan fingerprint density at radius 3 is 2.38 bits per heavy atom. The second-order valence-electron chi connectivity index (χ2n) is 5.81. The summed E-state index contributed by atoms with van der Waals surface area (Å²) in [5.41, 5.74) is 3.05. The Balaban J connectivity index is 1.97. The average Bonchev–Trinajstić information content (AvgIpc) is 3.07. The fraction of sp³-hybridized carbons (Fsp3) is 0.294. The molecular weight excluding hydrogens is 440 g/mol. The molecule has 1 heterocycles. The van der Waals surface area contributed by atoms with Crippen LogP contribution in [-0.2, 0) is 15.6 Å². The van der Waals surface area contributed by atoms with E-state index in [1.807, 2.05) is 24.3 Å². The summed E-state index contributed by atoms with van der Waals surface area (Å²) in [4.78, 5) is 25.1. The number of amides is 2. The number of hydroxylamine groups is 1. The van der Waals surface area contributed by atoms with Crippen molar-refractivity contribution in [3.8, 4) is 10.4 Å². The molecule has 2 unspecified atom stereocenters. The van der Waals surface area contributed by atoms with Crippen molar-refractivity contribution < 1.29 is 19.0 Å². The van der Waals surface area contributed by atoms with Gasteiger partial charge in [-0.3, -0.25) is 19.0 Å². The second kappa shape index (κ2) is 8.90. The van der Waals surface area contributed by atoms with E-state index in [1.165, 1.54) is 18.7 Å². The molecule has 0 saturated heterocycles. The molecule has 9 heteroatoms. The van der Waals surface area contributed by atoms with Gasteiger partial charge in [0.05, 0.1) is 3.79 Å². The van der Waals surface area contributed by atoms with Crippen LogP contribution < -0.4 is 10.8 Å². The Labute approximate surface area is 166 Å². The SMILES string of the molecule is CS(=O)C(C)(CCNC(=O)c1ccc(-c2ccc(Br)s2)cc1)C(=O)NO. The minimum Gasteiger partial charge on any atom is -0.352 e. The van der Waals surface area contributed by atoms with E-state index in [-0.39, 0.29) is 18.9 Å². The summed E-state index contributed by atoms with van der Waals surface area (Å²) in [6, 6.07) is 11.2. The third kappa shape index (κ3) is 4.79. The molecule has 0 spiro atoms. The Bertz CT molecular complexity index is 822. The molecule has 0 bridgehead atoms. The summed E-state index contributed by atoms with van der Waals surface area (Å²) in [7, 11) is -1.51. The highest BCUT2D eigenvalue weighted by molar-refractivity contribution is 9.11. The van der Waals surface area contributed by atoms with Gasteiger partial charge in [-0.05, 0) is 59.1 Å². The Morgan fingerprint density at radius 1 is 1.23 bits per heavy atom. The average molecular weight is 459 g/mol.